The maximum absolute atomic E-state index is 5.89. The molecule has 0 heterocycles. The van der Waals surface area contributed by atoms with Crippen LogP contribution < -0.4 is 5.73 Å². The summed E-state index contributed by atoms with van der Waals surface area (Å²) < 4.78 is 0. The summed E-state index contributed by atoms with van der Waals surface area (Å²) in [5.74, 6) is 0. The smallest absolute Gasteiger partial charge is 0.00965 e. The van der Waals surface area contributed by atoms with Gasteiger partial charge in [0.1, 0.15) is 0 Å². The molecule has 0 aliphatic heterocycles. The van der Waals surface area contributed by atoms with E-state index in [2.05, 4.69) is 25.7 Å². The molecule has 1 fully saturated rings. The Morgan fingerprint density at radius 1 is 1.36 bits per heavy atom. The summed E-state index contributed by atoms with van der Waals surface area (Å²) in [4.78, 5) is 2.61. The molecule has 1 rings (SSSR count). The van der Waals surface area contributed by atoms with Crippen LogP contribution in [0, 0.1) is 5.41 Å². The Hall–Kier alpha value is -0.0800. The van der Waals surface area contributed by atoms with E-state index in [0.29, 0.717) is 5.41 Å². The summed E-state index contributed by atoms with van der Waals surface area (Å²) in [6, 6.07) is 0.878. The largest absolute Gasteiger partial charge is 0.330 e. The Kier molecular flexibility index (Phi) is 4.39. The van der Waals surface area contributed by atoms with Crippen molar-refractivity contribution in [2.45, 2.75) is 52.5 Å². The Bertz CT molecular complexity index is 166. The van der Waals surface area contributed by atoms with E-state index < -0.39 is 0 Å². The number of rotatable bonds is 7. The summed E-state index contributed by atoms with van der Waals surface area (Å²) in [6.45, 7) is 10.1. The van der Waals surface area contributed by atoms with Crippen LogP contribution in [0.15, 0.2) is 0 Å². The predicted molar refractivity (Wildman–Crippen MR) is 62.3 cm³/mol. The molecule has 0 aromatic carbocycles. The highest BCUT2D eigenvalue weighted by molar-refractivity contribution is 4.88. The van der Waals surface area contributed by atoms with Gasteiger partial charge < -0.3 is 10.6 Å². The fourth-order valence-corrected chi connectivity index (χ4v) is 2.28. The van der Waals surface area contributed by atoms with Crippen molar-refractivity contribution in [3.05, 3.63) is 0 Å². The van der Waals surface area contributed by atoms with Crippen molar-refractivity contribution in [1.82, 2.24) is 4.90 Å². The molecule has 1 unspecified atom stereocenters. The molecule has 0 aromatic rings. The summed E-state index contributed by atoms with van der Waals surface area (Å²) in [5, 5.41) is 0. The van der Waals surface area contributed by atoms with Gasteiger partial charge in [0.05, 0.1) is 0 Å². The molecule has 2 heteroatoms. The van der Waals surface area contributed by atoms with Crippen LogP contribution in [0.3, 0.4) is 0 Å². The molecule has 84 valence electrons. The molecule has 1 saturated carbocycles. The third-order valence-corrected chi connectivity index (χ3v) is 3.40. The molecular formula is C12H26N2. The fourth-order valence-electron chi connectivity index (χ4n) is 2.28. The molecule has 1 aliphatic carbocycles. The minimum absolute atomic E-state index is 0.341. The van der Waals surface area contributed by atoms with Gasteiger partial charge in [0.15, 0.2) is 0 Å². The minimum atomic E-state index is 0.341. The lowest BCUT2D eigenvalue weighted by molar-refractivity contribution is 0.157. The van der Waals surface area contributed by atoms with Crippen LogP contribution >= 0.6 is 0 Å². The zero-order valence-corrected chi connectivity index (χ0v) is 10.1. The summed E-state index contributed by atoms with van der Waals surface area (Å²) in [7, 11) is 0. The topological polar surface area (TPSA) is 29.3 Å². The first-order valence-corrected chi connectivity index (χ1v) is 6.09. The van der Waals surface area contributed by atoms with Crippen LogP contribution in [0.5, 0.6) is 0 Å². The highest BCUT2D eigenvalue weighted by Crippen LogP contribution is 2.31. The van der Waals surface area contributed by atoms with Gasteiger partial charge >= 0.3 is 0 Å². The zero-order valence-electron chi connectivity index (χ0n) is 10.1. The Morgan fingerprint density at radius 2 is 2.00 bits per heavy atom. The van der Waals surface area contributed by atoms with Crippen LogP contribution in [-0.4, -0.2) is 30.6 Å². The molecule has 0 saturated heterocycles. The number of hydrogen-bond acceptors (Lipinski definition) is 2. The molecule has 0 bridgehead atoms. The average Bonchev–Trinajstić information content (AvgIpc) is 2.98. The van der Waals surface area contributed by atoms with Gasteiger partial charge in [-0.25, -0.2) is 0 Å². The molecule has 14 heavy (non-hydrogen) atoms. The van der Waals surface area contributed by atoms with Crippen molar-refractivity contribution >= 4 is 0 Å². The lowest BCUT2D eigenvalue weighted by Gasteiger charge is -2.34. The van der Waals surface area contributed by atoms with Crippen molar-refractivity contribution in [2.24, 2.45) is 11.1 Å². The highest BCUT2D eigenvalue weighted by atomic mass is 15.2. The Morgan fingerprint density at radius 3 is 2.36 bits per heavy atom. The van der Waals surface area contributed by atoms with Crippen LogP contribution in [0.4, 0.5) is 0 Å². The average molecular weight is 198 g/mol. The van der Waals surface area contributed by atoms with E-state index in [9.17, 15) is 0 Å². The van der Waals surface area contributed by atoms with Crippen LogP contribution in [0.25, 0.3) is 0 Å². The quantitative estimate of drug-likeness (QED) is 0.680. The third kappa shape index (κ3) is 3.25. The second-order valence-corrected chi connectivity index (χ2v) is 5.06. The fraction of sp³-hybridized carbons (Fsp3) is 1.00. The monoisotopic (exact) mass is 198 g/mol. The van der Waals surface area contributed by atoms with Crippen LogP contribution in [-0.2, 0) is 0 Å². The van der Waals surface area contributed by atoms with Crippen molar-refractivity contribution < 1.29 is 0 Å². The summed E-state index contributed by atoms with van der Waals surface area (Å²) in [5.41, 5.74) is 6.23. The molecule has 0 amide bonds. The molecular weight excluding hydrogens is 172 g/mol. The van der Waals surface area contributed by atoms with E-state index in [4.69, 9.17) is 5.73 Å². The van der Waals surface area contributed by atoms with Crippen molar-refractivity contribution in [3.63, 3.8) is 0 Å². The first-order chi connectivity index (χ1) is 6.65. The van der Waals surface area contributed by atoms with E-state index in [0.717, 1.165) is 12.6 Å². The molecule has 1 atom stereocenters. The lowest BCUT2D eigenvalue weighted by atomic mass is 9.85. The highest BCUT2D eigenvalue weighted by Gasteiger charge is 2.32. The van der Waals surface area contributed by atoms with Gasteiger partial charge in [0.2, 0.25) is 0 Å². The van der Waals surface area contributed by atoms with E-state index in [1.807, 2.05) is 0 Å². The molecule has 0 radical (unpaired) electrons. The first-order valence-electron chi connectivity index (χ1n) is 6.09. The zero-order chi connectivity index (χ0) is 10.6. The lowest BCUT2D eigenvalue weighted by Crippen LogP contribution is -2.41. The molecule has 2 N–H and O–H groups in total. The Labute approximate surface area is 88.8 Å². The second kappa shape index (κ2) is 5.13. The van der Waals surface area contributed by atoms with Gasteiger partial charge in [-0.15, -0.1) is 0 Å². The van der Waals surface area contributed by atoms with Crippen molar-refractivity contribution in [3.8, 4) is 0 Å². The van der Waals surface area contributed by atoms with Gasteiger partial charge in [-0.1, -0.05) is 27.2 Å². The predicted octanol–water partition coefficient (Wildman–Crippen LogP) is 2.24. The van der Waals surface area contributed by atoms with Crippen molar-refractivity contribution in [1.29, 1.82) is 0 Å². The minimum Gasteiger partial charge on any atom is -0.330 e. The van der Waals surface area contributed by atoms with E-state index in [1.54, 1.807) is 0 Å². The standard InChI is InChI=1S/C12H26N2/c1-4-8-12(3,9-13)10-14(5-2)11-6-7-11/h11H,4-10,13H2,1-3H3. The number of nitrogens with two attached hydrogens (primary N) is 1. The maximum atomic E-state index is 5.89. The van der Waals surface area contributed by atoms with Gasteiger partial charge in [-0.2, -0.15) is 0 Å². The van der Waals surface area contributed by atoms with Gasteiger partial charge in [-0.3, -0.25) is 0 Å². The number of nitrogens with zero attached hydrogens (tertiary/aromatic N) is 1. The molecule has 0 spiro atoms. The molecule has 1 aliphatic rings. The Balaban J connectivity index is 2.43. The van der Waals surface area contributed by atoms with Crippen LogP contribution in [0.1, 0.15) is 46.5 Å². The van der Waals surface area contributed by atoms with Gasteiger partial charge in [0.25, 0.3) is 0 Å². The first kappa shape index (κ1) is 12.0. The number of hydrogen-bond donors (Lipinski definition) is 1. The van der Waals surface area contributed by atoms with E-state index in [-0.39, 0.29) is 0 Å². The molecule has 0 aromatic heterocycles. The van der Waals surface area contributed by atoms with Crippen molar-refractivity contribution in [2.75, 3.05) is 19.6 Å². The van der Waals surface area contributed by atoms with Crippen LogP contribution in [0.2, 0.25) is 0 Å². The summed E-state index contributed by atoms with van der Waals surface area (Å²) in [6.07, 6.45) is 5.31. The van der Waals surface area contributed by atoms with Gasteiger partial charge in [0, 0.05) is 12.6 Å². The van der Waals surface area contributed by atoms with E-state index in [1.165, 1.54) is 38.8 Å². The van der Waals surface area contributed by atoms with E-state index >= 15 is 0 Å². The second-order valence-electron chi connectivity index (χ2n) is 5.06. The van der Waals surface area contributed by atoms with Gasteiger partial charge in [-0.05, 0) is 37.8 Å². The maximum Gasteiger partial charge on any atom is 0.00965 e. The summed E-state index contributed by atoms with van der Waals surface area (Å²) >= 11 is 0. The SMILES string of the molecule is CCCC(C)(CN)CN(CC)C1CC1. The normalized spacial score (nSPS) is 21.2. The third-order valence-electron chi connectivity index (χ3n) is 3.40. The molecule has 2 nitrogen and oxygen atoms in total.